The van der Waals surface area contributed by atoms with E-state index in [1.807, 2.05) is 0 Å². The number of carboxylic acids is 1. The number of amides is 3. The van der Waals surface area contributed by atoms with Gasteiger partial charge in [-0.05, 0) is 25.1 Å². The first kappa shape index (κ1) is 24.1. The zero-order valence-electron chi connectivity index (χ0n) is 16.8. The summed E-state index contributed by atoms with van der Waals surface area (Å²) in [7, 11) is 0. The molecule has 168 valence electrons. The number of anilines is 1. The van der Waals surface area contributed by atoms with Crippen molar-refractivity contribution in [1.82, 2.24) is 20.9 Å². The van der Waals surface area contributed by atoms with Gasteiger partial charge >= 0.3 is 5.97 Å². The molecule has 0 saturated carbocycles. The number of piperazine rings is 1. The summed E-state index contributed by atoms with van der Waals surface area (Å²) in [5.41, 5.74) is 6.16. The Balaban J connectivity index is 2.06. The maximum atomic E-state index is 12.9. The first-order valence-corrected chi connectivity index (χ1v) is 9.86. The number of carbonyl (C=O) groups is 5. The minimum absolute atomic E-state index is 0.116. The average Bonchev–Trinajstić information content (AvgIpc) is 2.74. The van der Waals surface area contributed by atoms with E-state index in [1.165, 1.54) is 30.0 Å². The minimum atomic E-state index is -1.24. The molecular formula is C19H24ClN5O6. The fourth-order valence-corrected chi connectivity index (χ4v) is 3.24. The molecule has 1 aromatic carbocycles. The smallest absolute Gasteiger partial charge is 0.305 e. The normalized spacial score (nSPS) is 17.9. The Labute approximate surface area is 183 Å². The quantitative estimate of drug-likeness (QED) is 0.246. The number of nitrogens with zero attached hydrogens (tertiary/aromatic N) is 1. The molecule has 1 aliphatic rings. The van der Waals surface area contributed by atoms with E-state index in [9.17, 15) is 24.0 Å². The van der Waals surface area contributed by atoms with Crippen LogP contribution in [0.1, 0.15) is 23.7 Å². The molecule has 1 unspecified atom stereocenters. The third kappa shape index (κ3) is 6.40. The lowest BCUT2D eigenvalue weighted by molar-refractivity contribution is -0.144. The van der Waals surface area contributed by atoms with Crippen LogP contribution in [0.25, 0.3) is 0 Å². The lowest BCUT2D eigenvalue weighted by atomic mass is 10.1. The zero-order valence-corrected chi connectivity index (χ0v) is 17.5. The lowest BCUT2D eigenvalue weighted by Gasteiger charge is -2.37. The van der Waals surface area contributed by atoms with Crippen molar-refractivity contribution in [3.63, 3.8) is 0 Å². The average molecular weight is 454 g/mol. The van der Waals surface area contributed by atoms with Crippen molar-refractivity contribution in [2.45, 2.75) is 31.5 Å². The third-order valence-electron chi connectivity index (χ3n) is 4.70. The van der Waals surface area contributed by atoms with Gasteiger partial charge in [0.25, 0.3) is 5.91 Å². The number of benzene rings is 1. The fraction of sp³-hybridized carbons (Fsp3) is 0.421. The number of nitrogen functional groups attached to an aromatic ring is 1. The Kier molecular flexibility index (Phi) is 8.34. The molecule has 3 amide bonds. The molecule has 1 saturated heterocycles. The molecule has 1 fully saturated rings. The van der Waals surface area contributed by atoms with Crippen molar-refractivity contribution in [2.24, 2.45) is 0 Å². The maximum Gasteiger partial charge on any atom is 0.305 e. The summed E-state index contributed by atoms with van der Waals surface area (Å²) < 4.78 is 0. The van der Waals surface area contributed by atoms with E-state index >= 15 is 0 Å². The standard InChI is InChI=1S/C19H24ClN5O6/c1-10(23-17(29)11-2-3-14(21)13(20)6-11)19(31)25-5-4-22-8-15(25)18(30)24-12(9-26)7-16(27)28/h2-3,6,9-10,12,15,22H,4-5,7-8,21H2,1H3,(H,23,29)(H,24,30)(H,27,28)/t10-,12-,15?/m0/s1. The van der Waals surface area contributed by atoms with Gasteiger partial charge in [-0.3, -0.25) is 19.2 Å². The number of aldehydes is 1. The van der Waals surface area contributed by atoms with Crippen LogP contribution >= 0.6 is 11.6 Å². The van der Waals surface area contributed by atoms with Crippen molar-refractivity contribution in [3.05, 3.63) is 28.8 Å². The van der Waals surface area contributed by atoms with E-state index in [2.05, 4.69) is 16.0 Å². The van der Waals surface area contributed by atoms with Crippen LogP contribution in [-0.2, 0) is 19.2 Å². The van der Waals surface area contributed by atoms with Crippen LogP contribution in [0.3, 0.4) is 0 Å². The number of hydrogen-bond donors (Lipinski definition) is 5. The summed E-state index contributed by atoms with van der Waals surface area (Å²) in [6.45, 7) is 2.21. The highest BCUT2D eigenvalue weighted by atomic mass is 35.5. The van der Waals surface area contributed by atoms with Crippen molar-refractivity contribution < 1.29 is 29.1 Å². The third-order valence-corrected chi connectivity index (χ3v) is 5.02. The van der Waals surface area contributed by atoms with E-state index in [1.54, 1.807) is 0 Å². The van der Waals surface area contributed by atoms with Crippen LogP contribution in [0.4, 0.5) is 5.69 Å². The summed E-state index contributed by atoms with van der Waals surface area (Å²) in [5.74, 6) is -2.95. The number of nitrogens with one attached hydrogen (secondary N) is 3. The highest BCUT2D eigenvalue weighted by Gasteiger charge is 2.35. The van der Waals surface area contributed by atoms with Crippen LogP contribution in [0, 0.1) is 0 Å². The SMILES string of the molecule is C[C@H](NC(=O)c1ccc(N)c(Cl)c1)C(=O)N1CCNCC1C(=O)N[C@H](C=O)CC(=O)O. The molecule has 31 heavy (non-hydrogen) atoms. The van der Waals surface area contributed by atoms with Crippen LogP contribution in [0.15, 0.2) is 18.2 Å². The van der Waals surface area contributed by atoms with Gasteiger partial charge in [-0.1, -0.05) is 11.6 Å². The lowest BCUT2D eigenvalue weighted by Crippen LogP contribution is -2.63. The summed E-state index contributed by atoms with van der Waals surface area (Å²) >= 11 is 5.92. The molecular weight excluding hydrogens is 430 g/mol. The fourth-order valence-electron chi connectivity index (χ4n) is 3.06. The number of aliphatic carboxylic acids is 1. The van der Waals surface area contributed by atoms with Crippen LogP contribution < -0.4 is 21.7 Å². The molecule has 0 bridgehead atoms. The molecule has 3 atom stereocenters. The largest absolute Gasteiger partial charge is 0.481 e. The first-order chi connectivity index (χ1) is 14.6. The second-order valence-corrected chi connectivity index (χ2v) is 7.44. The van der Waals surface area contributed by atoms with E-state index in [-0.39, 0.29) is 23.7 Å². The molecule has 6 N–H and O–H groups in total. The molecule has 0 aliphatic carbocycles. The molecule has 1 aliphatic heterocycles. The van der Waals surface area contributed by atoms with Gasteiger partial charge in [0, 0.05) is 25.2 Å². The minimum Gasteiger partial charge on any atom is -0.481 e. The number of rotatable bonds is 8. The molecule has 12 heteroatoms. The summed E-state index contributed by atoms with van der Waals surface area (Å²) in [4.78, 5) is 61.1. The van der Waals surface area contributed by atoms with Crippen LogP contribution in [-0.4, -0.2) is 77.7 Å². The highest BCUT2D eigenvalue weighted by Crippen LogP contribution is 2.19. The van der Waals surface area contributed by atoms with E-state index < -0.39 is 48.2 Å². The first-order valence-electron chi connectivity index (χ1n) is 9.48. The van der Waals surface area contributed by atoms with Gasteiger partial charge < -0.3 is 36.5 Å². The Morgan fingerprint density at radius 1 is 1.35 bits per heavy atom. The number of halogens is 1. The Morgan fingerprint density at radius 2 is 2.06 bits per heavy atom. The van der Waals surface area contributed by atoms with Crippen molar-refractivity contribution in [3.8, 4) is 0 Å². The molecule has 1 aromatic rings. The van der Waals surface area contributed by atoms with Crippen LogP contribution in [0.5, 0.6) is 0 Å². The van der Waals surface area contributed by atoms with E-state index in [4.69, 9.17) is 22.4 Å². The number of carboxylic acid groups (broad SMARTS) is 1. The topological polar surface area (TPSA) is 171 Å². The Bertz CT molecular complexity index is 879. The van der Waals surface area contributed by atoms with E-state index in [0.29, 0.717) is 18.5 Å². The van der Waals surface area contributed by atoms with Crippen molar-refractivity contribution in [1.29, 1.82) is 0 Å². The highest BCUT2D eigenvalue weighted by molar-refractivity contribution is 6.33. The zero-order chi connectivity index (χ0) is 23.1. The van der Waals surface area contributed by atoms with Crippen molar-refractivity contribution in [2.75, 3.05) is 25.4 Å². The summed E-state index contributed by atoms with van der Waals surface area (Å²) in [5, 5.41) is 16.9. The molecule has 2 rings (SSSR count). The predicted octanol–water partition coefficient (Wildman–Crippen LogP) is -1.00. The van der Waals surface area contributed by atoms with Gasteiger partial charge in [0.15, 0.2) is 0 Å². The second kappa shape index (κ2) is 10.7. The molecule has 0 radical (unpaired) electrons. The van der Waals surface area contributed by atoms with E-state index in [0.717, 1.165) is 0 Å². The Hall–Kier alpha value is -3.18. The number of nitrogens with two attached hydrogens (primary N) is 1. The number of hydrogen-bond acceptors (Lipinski definition) is 7. The Morgan fingerprint density at radius 3 is 2.68 bits per heavy atom. The van der Waals surface area contributed by atoms with Gasteiger partial charge in [-0.2, -0.15) is 0 Å². The van der Waals surface area contributed by atoms with Crippen LogP contribution in [0.2, 0.25) is 5.02 Å². The van der Waals surface area contributed by atoms with Crippen molar-refractivity contribution >= 4 is 47.3 Å². The predicted molar refractivity (Wildman–Crippen MR) is 111 cm³/mol. The maximum absolute atomic E-state index is 12.9. The monoisotopic (exact) mass is 453 g/mol. The van der Waals surface area contributed by atoms with Gasteiger partial charge in [0.1, 0.15) is 18.4 Å². The molecule has 1 heterocycles. The van der Waals surface area contributed by atoms with Gasteiger partial charge in [-0.25, -0.2) is 0 Å². The van der Waals surface area contributed by atoms with Gasteiger partial charge in [0.05, 0.1) is 23.2 Å². The molecule has 11 nitrogen and oxygen atoms in total. The summed E-state index contributed by atoms with van der Waals surface area (Å²) in [6, 6.07) is 1.18. The molecule has 0 spiro atoms. The van der Waals surface area contributed by atoms with Gasteiger partial charge in [-0.15, -0.1) is 0 Å². The number of carbonyl (C=O) groups excluding carboxylic acids is 4. The van der Waals surface area contributed by atoms with Gasteiger partial charge in [0.2, 0.25) is 11.8 Å². The second-order valence-electron chi connectivity index (χ2n) is 7.03. The molecule has 0 aromatic heterocycles. The summed E-state index contributed by atoms with van der Waals surface area (Å²) in [6.07, 6.45) is -0.241.